The Hall–Kier alpha value is -1.26. The first-order valence-corrected chi connectivity index (χ1v) is 6.80. The van der Waals surface area contributed by atoms with Gasteiger partial charge in [0.25, 0.3) is 0 Å². The molecule has 0 aliphatic carbocycles. The Morgan fingerprint density at radius 3 is 2.37 bits per heavy atom. The number of amides is 2. The van der Waals surface area contributed by atoms with Crippen molar-refractivity contribution in [2.24, 2.45) is 0 Å². The first-order chi connectivity index (χ1) is 9.04. The zero-order valence-electron chi connectivity index (χ0n) is 10.6. The Kier molecular flexibility index (Phi) is 6.67. The van der Waals surface area contributed by atoms with Crippen LogP contribution in [0.25, 0.3) is 0 Å². The first-order valence-electron chi connectivity index (χ1n) is 6.05. The highest BCUT2D eigenvalue weighted by molar-refractivity contribution is 6.39. The average Bonchev–Trinajstić information content (AvgIpc) is 2.34. The second-order valence-electron chi connectivity index (χ2n) is 4.03. The lowest BCUT2D eigenvalue weighted by molar-refractivity contribution is -0.126. The van der Waals surface area contributed by atoms with Crippen LogP contribution in [0.4, 0.5) is 5.69 Å². The SMILES string of the molecule is CCCCNC(=O)CC(=O)Nc1c(Cl)cccc1Cl. The van der Waals surface area contributed by atoms with Crippen molar-refractivity contribution >= 4 is 40.7 Å². The Morgan fingerprint density at radius 2 is 1.79 bits per heavy atom. The van der Waals surface area contributed by atoms with Gasteiger partial charge in [0, 0.05) is 6.54 Å². The van der Waals surface area contributed by atoms with E-state index in [1.807, 2.05) is 6.92 Å². The second kappa shape index (κ2) is 8.02. The topological polar surface area (TPSA) is 58.2 Å². The van der Waals surface area contributed by atoms with Gasteiger partial charge in [-0.1, -0.05) is 42.6 Å². The third-order valence-electron chi connectivity index (χ3n) is 2.40. The molecule has 0 aromatic heterocycles. The summed E-state index contributed by atoms with van der Waals surface area (Å²) in [5, 5.41) is 5.88. The van der Waals surface area contributed by atoms with Crippen molar-refractivity contribution in [1.82, 2.24) is 5.32 Å². The maximum Gasteiger partial charge on any atom is 0.233 e. The summed E-state index contributed by atoms with van der Waals surface area (Å²) in [6.45, 7) is 2.60. The molecule has 0 saturated heterocycles. The maximum absolute atomic E-state index is 11.7. The van der Waals surface area contributed by atoms with E-state index in [9.17, 15) is 9.59 Å². The van der Waals surface area contributed by atoms with Crippen LogP contribution in [0.15, 0.2) is 18.2 Å². The van der Waals surface area contributed by atoms with Crippen molar-refractivity contribution in [2.75, 3.05) is 11.9 Å². The molecule has 2 amide bonds. The monoisotopic (exact) mass is 302 g/mol. The predicted octanol–water partition coefficient (Wildman–Crippen LogP) is 3.24. The molecule has 1 rings (SSSR count). The molecule has 6 heteroatoms. The van der Waals surface area contributed by atoms with E-state index in [0.717, 1.165) is 12.8 Å². The van der Waals surface area contributed by atoms with Crippen LogP contribution in [0.5, 0.6) is 0 Å². The highest BCUT2D eigenvalue weighted by atomic mass is 35.5. The molecule has 0 saturated carbocycles. The van der Waals surface area contributed by atoms with Crippen molar-refractivity contribution in [1.29, 1.82) is 0 Å². The van der Waals surface area contributed by atoms with E-state index >= 15 is 0 Å². The number of nitrogens with one attached hydrogen (secondary N) is 2. The highest BCUT2D eigenvalue weighted by Crippen LogP contribution is 2.29. The van der Waals surface area contributed by atoms with E-state index in [1.54, 1.807) is 18.2 Å². The number of para-hydroxylation sites is 1. The molecule has 0 heterocycles. The van der Waals surface area contributed by atoms with Crippen molar-refractivity contribution in [3.63, 3.8) is 0 Å². The summed E-state index contributed by atoms with van der Waals surface area (Å²) in [4.78, 5) is 23.1. The molecular weight excluding hydrogens is 287 g/mol. The van der Waals surface area contributed by atoms with Crippen LogP contribution in [0.3, 0.4) is 0 Å². The van der Waals surface area contributed by atoms with Crippen molar-refractivity contribution in [2.45, 2.75) is 26.2 Å². The Balaban J connectivity index is 2.49. The summed E-state index contributed by atoms with van der Waals surface area (Å²) in [5.41, 5.74) is 0.331. The van der Waals surface area contributed by atoms with Crippen molar-refractivity contribution in [3.05, 3.63) is 28.2 Å². The van der Waals surface area contributed by atoms with E-state index in [-0.39, 0.29) is 12.3 Å². The fourth-order valence-corrected chi connectivity index (χ4v) is 1.91. The zero-order chi connectivity index (χ0) is 14.3. The second-order valence-corrected chi connectivity index (χ2v) is 4.84. The van der Waals surface area contributed by atoms with Crippen molar-refractivity contribution in [3.8, 4) is 0 Å². The van der Waals surface area contributed by atoms with Gasteiger partial charge in [-0.05, 0) is 18.6 Å². The molecule has 0 unspecified atom stereocenters. The number of unbranched alkanes of at least 4 members (excludes halogenated alkanes) is 1. The van der Waals surface area contributed by atoms with Crippen molar-refractivity contribution < 1.29 is 9.59 Å². The van der Waals surface area contributed by atoms with Crippen LogP contribution in [0.2, 0.25) is 10.0 Å². The van der Waals surface area contributed by atoms with Crippen LogP contribution in [-0.2, 0) is 9.59 Å². The van der Waals surface area contributed by atoms with Gasteiger partial charge in [0.2, 0.25) is 11.8 Å². The summed E-state index contributed by atoms with van der Waals surface area (Å²) < 4.78 is 0. The molecule has 19 heavy (non-hydrogen) atoms. The Labute approximate surface area is 122 Å². The number of halogens is 2. The van der Waals surface area contributed by atoms with Gasteiger partial charge < -0.3 is 10.6 Å². The van der Waals surface area contributed by atoms with E-state index in [2.05, 4.69) is 10.6 Å². The summed E-state index contributed by atoms with van der Waals surface area (Å²) >= 11 is 11.8. The lowest BCUT2D eigenvalue weighted by Gasteiger charge is -2.09. The minimum Gasteiger partial charge on any atom is -0.356 e. The molecule has 0 radical (unpaired) electrons. The van der Waals surface area contributed by atoms with Gasteiger partial charge >= 0.3 is 0 Å². The molecule has 1 aromatic rings. The number of hydrogen-bond acceptors (Lipinski definition) is 2. The molecule has 0 fully saturated rings. The number of benzene rings is 1. The normalized spacial score (nSPS) is 10.1. The number of rotatable bonds is 6. The largest absolute Gasteiger partial charge is 0.356 e. The molecule has 0 atom stereocenters. The summed E-state index contributed by atoms with van der Waals surface area (Å²) in [6, 6.07) is 4.91. The van der Waals surface area contributed by atoms with Crippen LogP contribution >= 0.6 is 23.2 Å². The third kappa shape index (κ3) is 5.49. The standard InChI is InChI=1S/C13H16Cl2N2O2/c1-2-3-7-16-11(18)8-12(19)17-13-9(14)5-4-6-10(13)15/h4-6H,2-3,7-8H2,1H3,(H,16,18)(H,17,19). The summed E-state index contributed by atoms with van der Waals surface area (Å²) in [5.74, 6) is -0.752. The number of hydrogen-bond donors (Lipinski definition) is 2. The summed E-state index contributed by atoms with van der Waals surface area (Å²) in [6.07, 6.45) is 1.64. The van der Waals surface area contributed by atoms with E-state index in [4.69, 9.17) is 23.2 Å². The molecule has 1 aromatic carbocycles. The molecule has 0 aliphatic heterocycles. The fourth-order valence-electron chi connectivity index (χ4n) is 1.41. The van der Waals surface area contributed by atoms with Crippen LogP contribution in [0.1, 0.15) is 26.2 Å². The van der Waals surface area contributed by atoms with Gasteiger partial charge in [-0.3, -0.25) is 9.59 Å². The molecule has 0 bridgehead atoms. The van der Waals surface area contributed by atoms with Gasteiger partial charge in [0.05, 0.1) is 15.7 Å². The van der Waals surface area contributed by atoms with Crippen LogP contribution in [-0.4, -0.2) is 18.4 Å². The smallest absolute Gasteiger partial charge is 0.233 e. The molecule has 2 N–H and O–H groups in total. The fraction of sp³-hybridized carbons (Fsp3) is 0.385. The predicted molar refractivity (Wildman–Crippen MR) is 77.6 cm³/mol. The van der Waals surface area contributed by atoms with Gasteiger partial charge in [-0.2, -0.15) is 0 Å². The van der Waals surface area contributed by atoms with Gasteiger partial charge in [0.15, 0.2) is 0 Å². The van der Waals surface area contributed by atoms with Crippen LogP contribution < -0.4 is 10.6 Å². The zero-order valence-corrected chi connectivity index (χ0v) is 12.1. The maximum atomic E-state index is 11.7. The Morgan fingerprint density at radius 1 is 1.16 bits per heavy atom. The lowest BCUT2D eigenvalue weighted by atomic mass is 10.3. The lowest BCUT2D eigenvalue weighted by Crippen LogP contribution is -2.28. The first kappa shape index (κ1) is 15.8. The minimum atomic E-state index is -0.441. The third-order valence-corrected chi connectivity index (χ3v) is 3.03. The minimum absolute atomic E-state index is 0.245. The molecule has 0 spiro atoms. The van der Waals surface area contributed by atoms with Gasteiger partial charge in [0.1, 0.15) is 6.42 Å². The molecule has 104 valence electrons. The van der Waals surface area contributed by atoms with E-state index in [0.29, 0.717) is 22.3 Å². The van der Waals surface area contributed by atoms with Crippen LogP contribution in [0, 0.1) is 0 Å². The number of anilines is 1. The molecule has 4 nitrogen and oxygen atoms in total. The van der Waals surface area contributed by atoms with E-state index < -0.39 is 5.91 Å². The van der Waals surface area contributed by atoms with Gasteiger partial charge in [-0.25, -0.2) is 0 Å². The number of carbonyl (C=O) groups excluding carboxylic acids is 2. The van der Waals surface area contributed by atoms with Gasteiger partial charge in [-0.15, -0.1) is 0 Å². The number of carbonyl (C=O) groups is 2. The quantitative estimate of drug-likeness (QED) is 0.626. The average molecular weight is 303 g/mol. The molecule has 0 aliphatic rings. The summed E-state index contributed by atoms with van der Waals surface area (Å²) in [7, 11) is 0. The highest BCUT2D eigenvalue weighted by Gasteiger charge is 2.12. The Bertz CT molecular complexity index is 444. The molecular formula is C13H16Cl2N2O2. The van der Waals surface area contributed by atoms with E-state index in [1.165, 1.54) is 0 Å².